The van der Waals surface area contributed by atoms with Crippen molar-refractivity contribution in [2.75, 3.05) is 17.3 Å². The van der Waals surface area contributed by atoms with Crippen molar-refractivity contribution in [3.05, 3.63) is 64.2 Å². The molecule has 9 heteroatoms. The minimum Gasteiger partial charge on any atom is -0.444 e. The third-order valence-electron chi connectivity index (χ3n) is 6.80. The molecule has 1 aliphatic rings. The first-order chi connectivity index (χ1) is 18.4. The van der Waals surface area contributed by atoms with Gasteiger partial charge in [-0.05, 0) is 95.1 Å². The molecule has 2 unspecified atom stereocenters. The highest BCUT2D eigenvalue weighted by atomic mass is 35.5. The molecule has 1 saturated carbocycles. The lowest BCUT2D eigenvalue weighted by atomic mass is 9.87. The number of benzene rings is 2. The molecule has 2 aromatic carbocycles. The number of para-hydroxylation sites is 1. The van der Waals surface area contributed by atoms with E-state index in [2.05, 4.69) is 10.6 Å². The molecule has 7 nitrogen and oxygen atoms in total. The van der Waals surface area contributed by atoms with Crippen molar-refractivity contribution in [3.63, 3.8) is 0 Å². The van der Waals surface area contributed by atoms with Gasteiger partial charge in [-0.3, -0.25) is 9.59 Å². The number of nitrogens with zero attached hydrogens (tertiary/aromatic N) is 1. The normalized spacial score (nSPS) is 15.1. The van der Waals surface area contributed by atoms with Gasteiger partial charge in [-0.1, -0.05) is 48.0 Å². The van der Waals surface area contributed by atoms with Crippen molar-refractivity contribution in [2.45, 2.75) is 84.0 Å². The van der Waals surface area contributed by atoms with Crippen LogP contribution in [0.1, 0.15) is 69.2 Å². The van der Waals surface area contributed by atoms with Crippen molar-refractivity contribution in [2.24, 2.45) is 0 Å². The molecule has 2 N–H and O–H groups in total. The molecule has 0 spiro atoms. The molecule has 3 amide bonds. The number of alkyl carbamates (subject to hydrolysis) is 1. The van der Waals surface area contributed by atoms with E-state index in [0.29, 0.717) is 22.9 Å². The molecular formula is C30H40ClN3O4S. The predicted molar refractivity (Wildman–Crippen MR) is 159 cm³/mol. The Labute approximate surface area is 241 Å². The summed E-state index contributed by atoms with van der Waals surface area (Å²) in [5, 5.41) is 6.25. The molecule has 2 atom stereocenters. The zero-order chi connectivity index (χ0) is 28.7. The summed E-state index contributed by atoms with van der Waals surface area (Å²) in [4.78, 5) is 42.9. The second kappa shape index (κ2) is 13.6. The Morgan fingerprint density at radius 2 is 1.74 bits per heavy atom. The van der Waals surface area contributed by atoms with Gasteiger partial charge in [-0.15, -0.1) is 0 Å². The van der Waals surface area contributed by atoms with Crippen LogP contribution in [0.25, 0.3) is 0 Å². The highest BCUT2D eigenvalue weighted by Gasteiger charge is 2.42. The zero-order valence-corrected chi connectivity index (χ0v) is 25.2. The van der Waals surface area contributed by atoms with E-state index < -0.39 is 23.8 Å². The molecule has 39 heavy (non-hydrogen) atoms. The Morgan fingerprint density at radius 3 is 2.31 bits per heavy atom. The fraction of sp³-hybridized carbons (Fsp3) is 0.500. The van der Waals surface area contributed by atoms with E-state index in [1.54, 1.807) is 43.5 Å². The number of nitrogens with one attached hydrogen (secondary N) is 2. The maximum Gasteiger partial charge on any atom is 0.408 e. The summed E-state index contributed by atoms with van der Waals surface area (Å²) < 4.78 is 5.47. The molecule has 0 aliphatic heterocycles. The molecule has 0 aromatic heterocycles. The third kappa shape index (κ3) is 8.15. The van der Waals surface area contributed by atoms with E-state index >= 15 is 0 Å². The number of aryl methyl sites for hydroxylation is 2. The second-order valence-corrected chi connectivity index (χ2v) is 12.4. The van der Waals surface area contributed by atoms with Crippen LogP contribution in [-0.2, 0) is 14.3 Å². The highest BCUT2D eigenvalue weighted by Crippen LogP contribution is 2.36. The second-order valence-electron chi connectivity index (χ2n) is 11.0. The number of carbonyl (C=O) groups is 3. The van der Waals surface area contributed by atoms with E-state index in [4.69, 9.17) is 16.3 Å². The molecule has 0 heterocycles. The van der Waals surface area contributed by atoms with Crippen LogP contribution < -0.4 is 10.6 Å². The Balaban J connectivity index is 2.05. The van der Waals surface area contributed by atoms with Gasteiger partial charge >= 0.3 is 6.09 Å². The number of hydrogen-bond donors (Lipinski definition) is 2. The number of hydrogen-bond acceptors (Lipinski definition) is 5. The van der Waals surface area contributed by atoms with Gasteiger partial charge in [-0.25, -0.2) is 4.79 Å². The van der Waals surface area contributed by atoms with Gasteiger partial charge in [-0.2, -0.15) is 11.8 Å². The Kier molecular flexibility index (Phi) is 10.7. The third-order valence-corrected chi connectivity index (χ3v) is 7.76. The average Bonchev–Trinajstić information content (AvgIpc) is 2.82. The molecule has 0 bridgehead atoms. The van der Waals surface area contributed by atoms with Gasteiger partial charge in [0.1, 0.15) is 17.7 Å². The number of halogens is 1. The lowest BCUT2D eigenvalue weighted by Gasteiger charge is -2.44. The van der Waals surface area contributed by atoms with Crippen LogP contribution in [-0.4, -0.2) is 52.5 Å². The largest absolute Gasteiger partial charge is 0.444 e. The Bertz CT molecular complexity index is 1160. The molecular weight excluding hydrogens is 534 g/mol. The van der Waals surface area contributed by atoms with Crippen molar-refractivity contribution in [1.82, 2.24) is 10.2 Å². The van der Waals surface area contributed by atoms with Crippen LogP contribution in [0.2, 0.25) is 5.02 Å². The maximum atomic E-state index is 14.3. The molecule has 1 fully saturated rings. The van der Waals surface area contributed by atoms with Crippen LogP contribution in [0.4, 0.5) is 10.5 Å². The van der Waals surface area contributed by atoms with Crippen LogP contribution in [0.5, 0.6) is 0 Å². The van der Waals surface area contributed by atoms with E-state index in [9.17, 15) is 14.4 Å². The van der Waals surface area contributed by atoms with E-state index in [1.807, 2.05) is 56.5 Å². The number of amides is 3. The average molecular weight is 574 g/mol. The van der Waals surface area contributed by atoms with Crippen LogP contribution in [0.15, 0.2) is 42.5 Å². The van der Waals surface area contributed by atoms with Crippen molar-refractivity contribution in [1.29, 1.82) is 0 Å². The lowest BCUT2D eigenvalue weighted by Crippen LogP contribution is -2.57. The smallest absolute Gasteiger partial charge is 0.408 e. The molecule has 3 rings (SSSR count). The van der Waals surface area contributed by atoms with E-state index in [0.717, 1.165) is 36.0 Å². The molecule has 212 valence electrons. The summed E-state index contributed by atoms with van der Waals surface area (Å²) in [6, 6.07) is 11.2. The number of carbonyl (C=O) groups excluding carboxylic acids is 3. The first kappa shape index (κ1) is 30.8. The number of anilines is 1. The van der Waals surface area contributed by atoms with Crippen LogP contribution in [0, 0.1) is 13.8 Å². The topological polar surface area (TPSA) is 87.7 Å². The maximum absolute atomic E-state index is 14.3. The fourth-order valence-electron chi connectivity index (χ4n) is 4.60. The van der Waals surface area contributed by atoms with Crippen LogP contribution >= 0.6 is 23.4 Å². The van der Waals surface area contributed by atoms with Gasteiger partial charge in [0.2, 0.25) is 5.91 Å². The number of rotatable bonds is 10. The molecule has 0 saturated heterocycles. The standard InChI is InChI=1S/C30H40ClN3O4S/c1-19-11-7-8-15-22(19)26(27(35)33-25-20(2)12-9-16-23(25)31)34(21-13-10-14-21)28(36)24(17-18-39-6)32-29(37)38-30(3,4)5/h7-9,11-12,15-16,21,24,26H,10,13-14,17-18H2,1-6H3,(H,32,37)(H,33,35). The molecule has 2 aromatic rings. The summed E-state index contributed by atoms with van der Waals surface area (Å²) in [7, 11) is 0. The highest BCUT2D eigenvalue weighted by molar-refractivity contribution is 7.98. The summed E-state index contributed by atoms with van der Waals surface area (Å²) in [5.74, 6) is 0.0191. The quantitative estimate of drug-likeness (QED) is 0.332. The van der Waals surface area contributed by atoms with E-state index in [-0.39, 0.29) is 17.9 Å². The Hall–Kier alpha value is -2.71. The lowest BCUT2D eigenvalue weighted by molar-refractivity contribution is -0.145. The fourth-order valence-corrected chi connectivity index (χ4v) is 5.34. The van der Waals surface area contributed by atoms with Gasteiger partial charge in [0.05, 0.1) is 10.7 Å². The van der Waals surface area contributed by atoms with Gasteiger partial charge in [0.25, 0.3) is 5.91 Å². The minimum absolute atomic E-state index is 0.127. The Morgan fingerprint density at radius 1 is 1.08 bits per heavy atom. The monoisotopic (exact) mass is 573 g/mol. The summed E-state index contributed by atoms with van der Waals surface area (Å²) in [6.07, 6.45) is 4.25. The number of ether oxygens (including phenoxy) is 1. The van der Waals surface area contributed by atoms with Crippen molar-refractivity contribution < 1.29 is 19.1 Å². The molecule has 1 aliphatic carbocycles. The van der Waals surface area contributed by atoms with E-state index in [1.165, 1.54) is 0 Å². The van der Waals surface area contributed by atoms with Crippen molar-refractivity contribution >= 4 is 47.0 Å². The van der Waals surface area contributed by atoms with Crippen LogP contribution in [0.3, 0.4) is 0 Å². The summed E-state index contributed by atoms with van der Waals surface area (Å²) in [6.45, 7) is 9.15. The summed E-state index contributed by atoms with van der Waals surface area (Å²) in [5.41, 5.74) is 2.27. The van der Waals surface area contributed by atoms with Gasteiger partial charge in [0.15, 0.2) is 0 Å². The first-order valence-electron chi connectivity index (χ1n) is 13.3. The number of thioether (sulfide) groups is 1. The predicted octanol–water partition coefficient (Wildman–Crippen LogP) is 6.66. The zero-order valence-electron chi connectivity index (χ0n) is 23.7. The molecule has 0 radical (unpaired) electrons. The summed E-state index contributed by atoms with van der Waals surface area (Å²) >= 11 is 8.05. The SMILES string of the molecule is CSCCC(NC(=O)OC(C)(C)C)C(=O)N(C1CCC1)C(C(=O)Nc1c(C)cccc1Cl)c1ccccc1C. The van der Waals surface area contributed by atoms with Gasteiger partial charge < -0.3 is 20.3 Å². The van der Waals surface area contributed by atoms with Crippen molar-refractivity contribution in [3.8, 4) is 0 Å². The minimum atomic E-state index is -0.906. The first-order valence-corrected chi connectivity index (χ1v) is 15.1. The van der Waals surface area contributed by atoms with Gasteiger partial charge in [0, 0.05) is 6.04 Å².